The molecule has 9 heavy (non-hydrogen) atoms. The highest BCUT2D eigenvalue weighted by Gasteiger charge is 1.94. The number of nitrogens with zero attached hydrogens (tertiary/aromatic N) is 1. The van der Waals surface area contributed by atoms with Crippen LogP contribution in [0, 0.1) is 0 Å². The Labute approximate surface area is 55.1 Å². The van der Waals surface area contributed by atoms with E-state index in [4.69, 9.17) is 4.74 Å². The van der Waals surface area contributed by atoms with E-state index in [2.05, 4.69) is 10.3 Å². The van der Waals surface area contributed by atoms with Gasteiger partial charge in [0.05, 0.1) is 25.6 Å². The molecular formula is C6H12N2O. The van der Waals surface area contributed by atoms with Gasteiger partial charge >= 0.3 is 0 Å². The predicted molar refractivity (Wildman–Crippen MR) is 36.8 cm³/mol. The highest BCUT2D eigenvalue weighted by Crippen LogP contribution is 1.82. The third-order valence-corrected chi connectivity index (χ3v) is 1.21. The molecule has 0 fully saturated rings. The molecule has 1 rings (SSSR count). The maximum atomic E-state index is 5.15. The molecule has 3 heteroatoms. The summed E-state index contributed by atoms with van der Waals surface area (Å²) in [7, 11) is 0. The molecule has 1 N–H and O–H groups in total. The summed E-state index contributed by atoms with van der Waals surface area (Å²) in [5, 5.41) is 3.11. The van der Waals surface area contributed by atoms with Crippen molar-refractivity contribution in [2.24, 2.45) is 4.99 Å². The van der Waals surface area contributed by atoms with Crippen LogP contribution < -0.4 is 5.32 Å². The number of ether oxygens (including phenoxy) is 1. The van der Waals surface area contributed by atoms with Gasteiger partial charge in [-0.25, -0.2) is 0 Å². The van der Waals surface area contributed by atoms with E-state index in [9.17, 15) is 0 Å². The fraction of sp³-hybridized carbons (Fsp3) is 0.833. The van der Waals surface area contributed by atoms with Crippen LogP contribution in [0.3, 0.4) is 0 Å². The van der Waals surface area contributed by atoms with Crippen molar-refractivity contribution in [3.63, 3.8) is 0 Å². The molecule has 0 saturated carbocycles. The van der Waals surface area contributed by atoms with Gasteiger partial charge in [0.1, 0.15) is 0 Å². The Bertz CT molecular complexity index is 112. The Morgan fingerprint density at radius 3 is 3.33 bits per heavy atom. The second-order valence-corrected chi connectivity index (χ2v) is 2.01. The molecule has 1 aliphatic rings. The summed E-state index contributed by atoms with van der Waals surface area (Å²) in [6, 6.07) is 0. The Hall–Kier alpha value is -0.570. The molecule has 52 valence electrons. The van der Waals surface area contributed by atoms with Gasteiger partial charge in [0.25, 0.3) is 0 Å². The molecule has 0 aliphatic carbocycles. The number of aliphatic imine (C=N–C) groups is 1. The van der Waals surface area contributed by atoms with Crippen molar-refractivity contribution in [1.82, 2.24) is 5.32 Å². The first-order valence-corrected chi connectivity index (χ1v) is 3.22. The van der Waals surface area contributed by atoms with Crippen molar-refractivity contribution < 1.29 is 4.74 Å². The molecule has 0 unspecified atom stereocenters. The maximum absolute atomic E-state index is 5.15. The molecule has 1 heterocycles. The van der Waals surface area contributed by atoms with E-state index in [1.54, 1.807) is 0 Å². The zero-order chi connectivity index (χ0) is 6.53. The standard InChI is InChI=1S/C6H12N2O/c1-6-7-2-4-9-5-3-8-6/h2-5H2,1H3,(H,7,8). The average molecular weight is 128 g/mol. The minimum atomic E-state index is 0.763. The number of hydrogen-bond donors (Lipinski definition) is 1. The first-order chi connectivity index (χ1) is 4.39. The van der Waals surface area contributed by atoms with Crippen LogP contribution in [0.1, 0.15) is 6.92 Å². The topological polar surface area (TPSA) is 33.6 Å². The molecule has 0 radical (unpaired) electrons. The van der Waals surface area contributed by atoms with E-state index < -0.39 is 0 Å². The average Bonchev–Trinajstić information content (AvgIpc) is 1.79. The molecular weight excluding hydrogens is 116 g/mol. The maximum Gasteiger partial charge on any atom is 0.0933 e. The Morgan fingerprint density at radius 2 is 2.44 bits per heavy atom. The van der Waals surface area contributed by atoms with Crippen LogP contribution >= 0.6 is 0 Å². The van der Waals surface area contributed by atoms with Crippen molar-refractivity contribution in [2.75, 3.05) is 26.3 Å². The van der Waals surface area contributed by atoms with Gasteiger partial charge in [-0.2, -0.15) is 0 Å². The van der Waals surface area contributed by atoms with Crippen molar-refractivity contribution >= 4 is 5.84 Å². The van der Waals surface area contributed by atoms with Gasteiger partial charge < -0.3 is 10.1 Å². The van der Waals surface area contributed by atoms with Crippen LogP contribution in [0.4, 0.5) is 0 Å². The van der Waals surface area contributed by atoms with E-state index in [0.717, 1.165) is 32.1 Å². The number of amidine groups is 1. The second kappa shape index (κ2) is 3.45. The molecule has 0 aromatic rings. The van der Waals surface area contributed by atoms with Crippen LogP contribution in [0.25, 0.3) is 0 Å². The molecule has 0 bridgehead atoms. The third kappa shape index (κ3) is 2.46. The van der Waals surface area contributed by atoms with Crippen LogP contribution in [0.5, 0.6) is 0 Å². The summed E-state index contributed by atoms with van der Waals surface area (Å²) >= 11 is 0. The fourth-order valence-corrected chi connectivity index (χ4v) is 0.740. The minimum absolute atomic E-state index is 0.763. The quantitative estimate of drug-likeness (QED) is 0.499. The Kier molecular flexibility index (Phi) is 2.51. The molecule has 0 aromatic carbocycles. The van der Waals surface area contributed by atoms with Gasteiger partial charge in [0, 0.05) is 6.54 Å². The SMILES string of the molecule is CC1=NCCOCCN1. The van der Waals surface area contributed by atoms with E-state index >= 15 is 0 Å². The molecule has 0 atom stereocenters. The third-order valence-electron chi connectivity index (χ3n) is 1.21. The summed E-state index contributed by atoms with van der Waals surface area (Å²) in [6.07, 6.45) is 0. The van der Waals surface area contributed by atoms with Crippen LogP contribution in [-0.2, 0) is 4.74 Å². The largest absolute Gasteiger partial charge is 0.378 e. The normalized spacial score (nSPS) is 21.2. The van der Waals surface area contributed by atoms with Crippen molar-refractivity contribution in [1.29, 1.82) is 0 Å². The lowest BCUT2D eigenvalue weighted by Gasteiger charge is -2.09. The first-order valence-electron chi connectivity index (χ1n) is 3.22. The summed E-state index contributed by atoms with van der Waals surface area (Å²) in [5.41, 5.74) is 0. The monoisotopic (exact) mass is 128 g/mol. The van der Waals surface area contributed by atoms with E-state index in [-0.39, 0.29) is 0 Å². The molecule has 0 aromatic heterocycles. The molecule has 0 saturated heterocycles. The van der Waals surface area contributed by atoms with Crippen LogP contribution in [0.15, 0.2) is 4.99 Å². The number of rotatable bonds is 0. The van der Waals surface area contributed by atoms with Gasteiger partial charge in [-0.1, -0.05) is 0 Å². The number of hydrogen-bond acceptors (Lipinski definition) is 3. The summed E-state index contributed by atoms with van der Waals surface area (Å²) in [6.45, 7) is 5.21. The Balaban J connectivity index is 2.32. The highest BCUT2D eigenvalue weighted by molar-refractivity contribution is 5.79. The van der Waals surface area contributed by atoms with E-state index in [1.807, 2.05) is 6.92 Å². The van der Waals surface area contributed by atoms with Crippen molar-refractivity contribution in [2.45, 2.75) is 6.92 Å². The molecule has 3 nitrogen and oxygen atoms in total. The summed E-state index contributed by atoms with van der Waals surface area (Å²) in [5.74, 6) is 1.03. The van der Waals surface area contributed by atoms with Gasteiger partial charge in [-0.15, -0.1) is 0 Å². The zero-order valence-corrected chi connectivity index (χ0v) is 5.68. The minimum Gasteiger partial charge on any atom is -0.378 e. The van der Waals surface area contributed by atoms with Crippen LogP contribution in [0.2, 0.25) is 0 Å². The smallest absolute Gasteiger partial charge is 0.0933 e. The van der Waals surface area contributed by atoms with E-state index in [1.165, 1.54) is 0 Å². The van der Waals surface area contributed by atoms with Crippen molar-refractivity contribution in [3.8, 4) is 0 Å². The van der Waals surface area contributed by atoms with Gasteiger partial charge in [-0.05, 0) is 6.92 Å². The lowest BCUT2D eigenvalue weighted by Crippen LogP contribution is -2.27. The first kappa shape index (κ1) is 6.55. The van der Waals surface area contributed by atoms with Gasteiger partial charge in [0.2, 0.25) is 0 Å². The highest BCUT2D eigenvalue weighted by atomic mass is 16.5. The summed E-state index contributed by atoms with van der Waals surface area (Å²) < 4.78 is 5.15. The molecule has 1 aliphatic heterocycles. The summed E-state index contributed by atoms with van der Waals surface area (Å²) in [4.78, 5) is 4.16. The molecule has 0 spiro atoms. The van der Waals surface area contributed by atoms with Crippen LogP contribution in [-0.4, -0.2) is 32.1 Å². The second-order valence-electron chi connectivity index (χ2n) is 2.01. The predicted octanol–water partition coefficient (Wildman–Crippen LogP) is 0.0246. The lowest BCUT2D eigenvalue weighted by atomic mass is 10.5. The fourth-order valence-electron chi connectivity index (χ4n) is 0.740. The lowest BCUT2D eigenvalue weighted by molar-refractivity contribution is 0.144. The van der Waals surface area contributed by atoms with Crippen molar-refractivity contribution in [3.05, 3.63) is 0 Å². The Morgan fingerprint density at radius 1 is 1.56 bits per heavy atom. The number of nitrogens with one attached hydrogen (secondary N) is 1. The van der Waals surface area contributed by atoms with E-state index in [0.29, 0.717) is 0 Å². The molecule has 0 amide bonds. The van der Waals surface area contributed by atoms with Gasteiger partial charge in [0.15, 0.2) is 0 Å². The zero-order valence-electron chi connectivity index (χ0n) is 5.68. The van der Waals surface area contributed by atoms with Gasteiger partial charge in [-0.3, -0.25) is 4.99 Å².